The first-order chi connectivity index (χ1) is 13.6. The van der Waals surface area contributed by atoms with Crippen LogP contribution in [0.5, 0.6) is 0 Å². The van der Waals surface area contributed by atoms with Gasteiger partial charge in [0.1, 0.15) is 5.65 Å². The van der Waals surface area contributed by atoms with Crippen molar-refractivity contribution in [2.75, 3.05) is 19.6 Å². The van der Waals surface area contributed by atoms with E-state index in [1.165, 1.54) is 12.0 Å². The number of carbonyl (C=O) groups is 1. The van der Waals surface area contributed by atoms with Crippen LogP contribution in [0.15, 0.2) is 30.7 Å². The Morgan fingerprint density at radius 2 is 2.07 bits per heavy atom. The molecule has 1 aliphatic heterocycles. The topological polar surface area (TPSA) is 67.5 Å². The quantitative estimate of drug-likeness (QED) is 0.667. The Balaban J connectivity index is 1.54. The van der Waals surface area contributed by atoms with Crippen LogP contribution in [0.2, 0.25) is 0 Å². The number of amides is 1. The molecular weight excluding hydrogens is 352 g/mol. The smallest absolute Gasteiger partial charge is 0.274 e. The highest BCUT2D eigenvalue weighted by Crippen LogP contribution is 2.20. The van der Waals surface area contributed by atoms with Crippen molar-refractivity contribution >= 4 is 11.6 Å². The molecule has 3 aromatic heterocycles. The highest BCUT2D eigenvalue weighted by atomic mass is 16.2. The van der Waals surface area contributed by atoms with Crippen molar-refractivity contribution in [1.29, 1.82) is 0 Å². The minimum Gasteiger partial charge on any atom is -0.337 e. The molecule has 0 radical (unpaired) electrons. The van der Waals surface area contributed by atoms with E-state index in [0.29, 0.717) is 12.2 Å². The van der Waals surface area contributed by atoms with E-state index in [-0.39, 0.29) is 5.91 Å². The number of likely N-dealkylation sites (tertiary alicyclic amines) is 1. The van der Waals surface area contributed by atoms with Crippen LogP contribution in [0.3, 0.4) is 0 Å². The fraction of sp³-hybridized carbons (Fsp3) is 0.476. The van der Waals surface area contributed by atoms with Crippen molar-refractivity contribution in [3.63, 3.8) is 0 Å². The fourth-order valence-electron chi connectivity index (χ4n) is 3.88. The number of rotatable bonds is 6. The highest BCUT2D eigenvalue weighted by Gasteiger charge is 2.25. The molecule has 28 heavy (non-hydrogen) atoms. The van der Waals surface area contributed by atoms with E-state index >= 15 is 0 Å². The van der Waals surface area contributed by atoms with E-state index < -0.39 is 0 Å². The van der Waals surface area contributed by atoms with Gasteiger partial charge in [-0.3, -0.25) is 9.48 Å². The predicted octanol–water partition coefficient (Wildman–Crippen LogP) is 2.33. The van der Waals surface area contributed by atoms with Gasteiger partial charge in [0.15, 0.2) is 5.69 Å². The number of nitrogens with zero attached hydrogens (tertiary/aromatic N) is 5. The first-order valence-corrected chi connectivity index (χ1v) is 10.1. The average molecular weight is 380 g/mol. The summed E-state index contributed by atoms with van der Waals surface area (Å²) >= 11 is 0. The summed E-state index contributed by atoms with van der Waals surface area (Å²) in [5.41, 5.74) is 4.68. The van der Waals surface area contributed by atoms with Crippen LogP contribution in [0, 0.1) is 6.92 Å². The monoisotopic (exact) mass is 380 g/mol. The van der Waals surface area contributed by atoms with Gasteiger partial charge in [0.05, 0.1) is 11.9 Å². The normalized spacial score (nSPS) is 14.7. The van der Waals surface area contributed by atoms with Gasteiger partial charge in [0.25, 0.3) is 5.91 Å². The standard InChI is InChI=1S/C21H28N6O/c1-16-7-6-12-27-18(14-22-9-8-17-13-23-25(2)15-17)19(24-20(16)27)21(28)26-10-4-3-5-11-26/h6-7,12-13,15,22H,3-5,8-11,14H2,1-2H3. The number of fused-ring (bicyclic) bond motifs is 1. The number of carbonyl (C=O) groups excluding carboxylic acids is 1. The first kappa shape index (κ1) is 18.7. The minimum atomic E-state index is 0.0619. The van der Waals surface area contributed by atoms with E-state index in [2.05, 4.69) is 14.8 Å². The van der Waals surface area contributed by atoms with Crippen molar-refractivity contribution in [2.24, 2.45) is 7.05 Å². The lowest BCUT2D eigenvalue weighted by Crippen LogP contribution is -2.36. The van der Waals surface area contributed by atoms with Crippen LogP contribution in [-0.2, 0) is 20.0 Å². The third-order valence-electron chi connectivity index (χ3n) is 5.43. The van der Waals surface area contributed by atoms with Gasteiger partial charge in [-0.05, 0) is 56.3 Å². The second kappa shape index (κ2) is 8.14. The maximum Gasteiger partial charge on any atom is 0.274 e. The summed E-state index contributed by atoms with van der Waals surface area (Å²) in [7, 11) is 1.93. The lowest BCUT2D eigenvalue weighted by molar-refractivity contribution is 0.0717. The summed E-state index contributed by atoms with van der Waals surface area (Å²) < 4.78 is 3.88. The van der Waals surface area contributed by atoms with Crippen LogP contribution in [0.4, 0.5) is 0 Å². The fourth-order valence-corrected chi connectivity index (χ4v) is 3.88. The Morgan fingerprint density at radius 3 is 2.82 bits per heavy atom. The molecule has 0 unspecified atom stereocenters. The van der Waals surface area contributed by atoms with Crippen molar-refractivity contribution < 1.29 is 4.79 Å². The molecular formula is C21H28N6O. The molecule has 1 saturated heterocycles. The molecule has 1 N–H and O–H groups in total. The SMILES string of the molecule is Cc1cccn2c(CNCCc3cnn(C)c3)c(C(=O)N3CCCCC3)nc12. The summed E-state index contributed by atoms with van der Waals surface area (Å²) in [6, 6.07) is 4.05. The van der Waals surface area contributed by atoms with E-state index in [1.807, 2.05) is 54.3 Å². The number of hydrogen-bond acceptors (Lipinski definition) is 4. The molecule has 0 bridgehead atoms. The number of aryl methyl sites for hydroxylation is 2. The molecule has 1 aliphatic rings. The van der Waals surface area contributed by atoms with Gasteiger partial charge in [0.2, 0.25) is 0 Å². The zero-order valence-corrected chi connectivity index (χ0v) is 16.7. The molecule has 148 valence electrons. The van der Waals surface area contributed by atoms with Gasteiger partial charge in [-0.2, -0.15) is 5.10 Å². The maximum absolute atomic E-state index is 13.2. The second-order valence-corrected chi connectivity index (χ2v) is 7.59. The van der Waals surface area contributed by atoms with Crippen LogP contribution < -0.4 is 5.32 Å². The average Bonchev–Trinajstić information content (AvgIpc) is 3.30. The number of pyridine rings is 1. The summed E-state index contributed by atoms with van der Waals surface area (Å²) in [5, 5.41) is 7.70. The van der Waals surface area contributed by atoms with Gasteiger partial charge in [0, 0.05) is 39.1 Å². The Kier molecular flexibility index (Phi) is 5.43. The van der Waals surface area contributed by atoms with Crippen molar-refractivity contribution in [1.82, 2.24) is 29.4 Å². The lowest BCUT2D eigenvalue weighted by atomic mass is 10.1. The number of nitrogens with one attached hydrogen (secondary N) is 1. The first-order valence-electron chi connectivity index (χ1n) is 10.1. The summed E-state index contributed by atoms with van der Waals surface area (Å²) in [6.45, 7) is 5.14. The largest absolute Gasteiger partial charge is 0.337 e. The second-order valence-electron chi connectivity index (χ2n) is 7.59. The van der Waals surface area contributed by atoms with Gasteiger partial charge < -0.3 is 14.6 Å². The van der Waals surface area contributed by atoms with Gasteiger partial charge >= 0.3 is 0 Å². The zero-order chi connectivity index (χ0) is 19.5. The Hall–Kier alpha value is -2.67. The summed E-state index contributed by atoms with van der Waals surface area (Å²) in [4.78, 5) is 19.9. The number of imidazole rings is 1. The summed E-state index contributed by atoms with van der Waals surface area (Å²) in [5.74, 6) is 0.0619. The van der Waals surface area contributed by atoms with E-state index in [4.69, 9.17) is 4.98 Å². The Bertz CT molecular complexity index is 967. The Morgan fingerprint density at radius 1 is 1.25 bits per heavy atom. The summed E-state index contributed by atoms with van der Waals surface area (Å²) in [6.07, 6.45) is 10.2. The van der Waals surface area contributed by atoms with Gasteiger partial charge in [-0.15, -0.1) is 0 Å². The van der Waals surface area contributed by atoms with Crippen molar-refractivity contribution in [2.45, 2.75) is 39.2 Å². The minimum absolute atomic E-state index is 0.0619. The molecule has 0 spiro atoms. The van der Waals surface area contributed by atoms with Crippen molar-refractivity contribution in [3.05, 3.63) is 53.2 Å². The van der Waals surface area contributed by atoms with E-state index in [9.17, 15) is 4.79 Å². The molecule has 7 nitrogen and oxygen atoms in total. The molecule has 1 fully saturated rings. The number of aromatic nitrogens is 4. The number of piperidine rings is 1. The molecule has 3 aromatic rings. The molecule has 4 heterocycles. The lowest BCUT2D eigenvalue weighted by Gasteiger charge is -2.26. The van der Waals surface area contributed by atoms with Gasteiger partial charge in [-0.1, -0.05) is 6.07 Å². The van der Waals surface area contributed by atoms with Gasteiger partial charge in [-0.25, -0.2) is 4.98 Å². The van der Waals surface area contributed by atoms with Crippen LogP contribution in [0.1, 0.15) is 46.6 Å². The zero-order valence-electron chi connectivity index (χ0n) is 16.7. The molecule has 4 rings (SSSR count). The highest BCUT2D eigenvalue weighted by molar-refractivity contribution is 5.94. The molecule has 0 saturated carbocycles. The van der Waals surface area contributed by atoms with E-state index in [1.54, 1.807) is 0 Å². The van der Waals surface area contributed by atoms with E-state index in [0.717, 1.165) is 55.8 Å². The molecule has 1 amide bonds. The number of hydrogen-bond donors (Lipinski definition) is 1. The van der Waals surface area contributed by atoms with Crippen LogP contribution in [-0.4, -0.2) is 49.6 Å². The molecule has 0 aromatic carbocycles. The molecule has 0 atom stereocenters. The van der Waals surface area contributed by atoms with Crippen LogP contribution >= 0.6 is 0 Å². The predicted molar refractivity (Wildman–Crippen MR) is 108 cm³/mol. The molecule has 7 heteroatoms. The maximum atomic E-state index is 13.2. The third-order valence-corrected chi connectivity index (χ3v) is 5.43. The van der Waals surface area contributed by atoms with Crippen LogP contribution in [0.25, 0.3) is 5.65 Å². The Labute approximate surface area is 165 Å². The molecule has 0 aliphatic carbocycles. The third kappa shape index (κ3) is 3.80. The van der Waals surface area contributed by atoms with Crippen molar-refractivity contribution in [3.8, 4) is 0 Å².